The molecule has 114 valence electrons. The Labute approximate surface area is 131 Å². The highest BCUT2D eigenvalue weighted by Gasteiger charge is 2.34. The summed E-state index contributed by atoms with van der Waals surface area (Å²) < 4.78 is 38.9. The van der Waals surface area contributed by atoms with Gasteiger partial charge >= 0.3 is 12.1 Å². The number of nitrogens with zero attached hydrogens (tertiary/aromatic N) is 2. The largest absolute Gasteiger partial charge is 0.481 e. The van der Waals surface area contributed by atoms with Crippen molar-refractivity contribution >= 4 is 29.1 Å². The summed E-state index contributed by atoms with van der Waals surface area (Å²) in [6.07, 6.45) is -4.68. The number of nitriles is 1. The molecule has 2 aromatic heterocycles. The summed E-state index contributed by atoms with van der Waals surface area (Å²) in [5, 5.41) is 19.3. The number of thioether (sulfide) groups is 1. The summed E-state index contributed by atoms with van der Waals surface area (Å²) in [6, 6.07) is 5.87. The van der Waals surface area contributed by atoms with Gasteiger partial charge in [0, 0.05) is 10.4 Å². The lowest BCUT2D eigenvalue weighted by Gasteiger charge is -2.12. The molecule has 9 heteroatoms. The number of halogens is 3. The number of pyridine rings is 1. The van der Waals surface area contributed by atoms with Crippen LogP contribution in [-0.2, 0) is 11.0 Å². The molecule has 2 aromatic rings. The lowest BCUT2D eigenvalue weighted by atomic mass is 10.1. The highest BCUT2D eigenvalue weighted by molar-refractivity contribution is 7.99. The Balaban J connectivity index is 2.63. The second kappa shape index (κ2) is 6.37. The first-order valence-electron chi connectivity index (χ1n) is 5.73. The summed E-state index contributed by atoms with van der Waals surface area (Å²) >= 11 is 1.78. The first kappa shape index (κ1) is 16.3. The van der Waals surface area contributed by atoms with Crippen LogP contribution < -0.4 is 0 Å². The topological polar surface area (TPSA) is 74.0 Å². The maximum absolute atomic E-state index is 13.0. The summed E-state index contributed by atoms with van der Waals surface area (Å²) in [5.74, 6) is -1.68. The molecule has 0 saturated carbocycles. The van der Waals surface area contributed by atoms with Crippen molar-refractivity contribution in [2.75, 3.05) is 5.75 Å². The SMILES string of the molecule is N#Cc1c(-c2cccs2)cc(C(F)(F)F)nc1SCC(=O)O. The van der Waals surface area contributed by atoms with Crippen LogP contribution in [0.25, 0.3) is 10.4 Å². The van der Waals surface area contributed by atoms with Gasteiger partial charge in [0.05, 0.1) is 11.3 Å². The summed E-state index contributed by atoms with van der Waals surface area (Å²) in [7, 11) is 0. The van der Waals surface area contributed by atoms with Crippen molar-refractivity contribution in [3.05, 3.63) is 34.8 Å². The number of hydrogen-bond acceptors (Lipinski definition) is 5. The number of rotatable bonds is 4. The molecule has 0 fully saturated rings. The van der Waals surface area contributed by atoms with Crippen LogP contribution in [0.2, 0.25) is 0 Å². The molecule has 22 heavy (non-hydrogen) atoms. The number of aromatic nitrogens is 1. The molecule has 0 aliphatic carbocycles. The molecule has 0 aromatic carbocycles. The molecule has 0 aliphatic rings. The van der Waals surface area contributed by atoms with E-state index < -0.39 is 23.6 Å². The number of thiophene rings is 1. The second-order valence-corrected chi connectivity index (χ2v) is 5.92. The fourth-order valence-electron chi connectivity index (χ4n) is 1.64. The van der Waals surface area contributed by atoms with E-state index >= 15 is 0 Å². The van der Waals surface area contributed by atoms with Crippen LogP contribution in [0.1, 0.15) is 11.3 Å². The molecule has 0 amide bonds. The first-order chi connectivity index (χ1) is 10.3. The van der Waals surface area contributed by atoms with E-state index in [0.717, 1.165) is 6.07 Å². The molecule has 0 bridgehead atoms. The van der Waals surface area contributed by atoms with Gasteiger partial charge in [-0.3, -0.25) is 4.79 Å². The number of aliphatic carboxylic acids is 1. The average molecular weight is 344 g/mol. The lowest BCUT2D eigenvalue weighted by Crippen LogP contribution is -2.10. The molecule has 0 radical (unpaired) electrons. The molecule has 4 nitrogen and oxygen atoms in total. The Kier molecular flexibility index (Phi) is 4.73. The van der Waals surface area contributed by atoms with E-state index in [4.69, 9.17) is 5.11 Å². The molecule has 0 aliphatic heterocycles. The Hall–Kier alpha value is -2.05. The average Bonchev–Trinajstić information content (AvgIpc) is 2.96. The van der Waals surface area contributed by atoms with Gasteiger partial charge in [-0.2, -0.15) is 18.4 Å². The van der Waals surface area contributed by atoms with Crippen molar-refractivity contribution < 1.29 is 23.1 Å². The van der Waals surface area contributed by atoms with E-state index in [0.29, 0.717) is 16.6 Å². The third kappa shape index (κ3) is 3.58. The van der Waals surface area contributed by atoms with E-state index in [2.05, 4.69) is 4.98 Å². The van der Waals surface area contributed by atoms with E-state index in [1.165, 1.54) is 11.3 Å². The Morgan fingerprint density at radius 2 is 2.23 bits per heavy atom. The fraction of sp³-hybridized carbons (Fsp3) is 0.154. The third-order valence-corrected chi connectivity index (χ3v) is 4.37. The minimum Gasteiger partial charge on any atom is -0.481 e. The van der Waals surface area contributed by atoms with Gasteiger partial charge in [0.2, 0.25) is 0 Å². The van der Waals surface area contributed by atoms with Gasteiger partial charge in [0.25, 0.3) is 0 Å². The highest BCUT2D eigenvalue weighted by Crippen LogP contribution is 2.37. The van der Waals surface area contributed by atoms with Crippen molar-refractivity contribution in [3.8, 4) is 16.5 Å². The standard InChI is InChI=1S/C13H7F3N2O2S2/c14-13(15,16)10-4-7(9-2-1-3-21-9)8(5-17)12(18-10)22-6-11(19)20/h1-4H,6H2,(H,19,20). The number of alkyl halides is 3. The molecule has 2 rings (SSSR count). The van der Waals surface area contributed by atoms with Crippen LogP contribution in [0, 0.1) is 11.3 Å². The van der Waals surface area contributed by atoms with Gasteiger partial charge in [0.15, 0.2) is 0 Å². The molecular formula is C13H7F3N2O2S2. The quantitative estimate of drug-likeness (QED) is 0.852. The van der Waals surface area contributed by atoms with E-state index in [1.54, 1.807) is 17.5 Å². The Morgan fingerprint density at radius 1 is 1.50 bits per heavy atom. The minimum absolute atomic E-state index is 0.0540. The van der Waals surface area contributed by atoms with Crippen LogP contribution in [-0.4, -0.2) is 21.8 Å². The summed E-state index contributed by atoms with van der Waals surface area (Å²) in [4.78, 5) is 14.5. The zero-order chi connectivity index (χ0) is 16.3. The molecule has 2 heterocycles. The van der Waals surface area contributed by atoms with E-state index in [-0.39, 0.29) is 16.2 Å². The molecule has 0 unspecified atom stereocenters. The predicted octanol–water partition coefficient (Wildman–Crippen LogP) is 3.88. The maximum atomic E-state index is 13.0. The molecule has 1 N–H and O–H groups in total. The van der Waals surface area contributed by atoms with Crippen LogP contribution in [0.5, 0.6) is 0 Å². The van der Waals surface area contributed by atoms with Crippen LogP contribution in [0.15, 0.2) is 28.6 Å². The van der Waals surface area contributed by atoms with Gasteiger partial charge < -0.3 is 5.11 Å². The van der Waals surface area contributed by atoms with Gasteiger partial charge in [-0.25, -0.2) is 4.98 Å². The minimum atomic E-state index is -4.68. The predicted molar refractivity (Wildman–Crippen MR) is 75.6 cm³/mol. The number of carbonyl (C=O) groups is 1. The Morgan fingerprint density at radius 3 is 2.73 bits per heavy atom. The van der Waals surface area contributed by atoms with Crippen LogP contribution in [0.4, 0.5) is 13.2 Å². The fourth-order valence-corrected chi connectivity index (χ4v) is 3.11. The normalized spacial score (nSPS) is 11.2. The van der Waals surface area contributed by atoms with Crippen molar-refractivity contribution in [2.24, 2.45) is 0 Å². The van der Waals surface area contributed by atoms with Crippen LogP contribution in [0.3, 0.4) is 0 Å². The third-order valence-electron chi connectivity index (χ3n) is 2.51. The molecule has 0 atom stereocenters. The van der Waals surface area contributed by atoms with Gasteiger partial charge in [-0.15, -0.1) is 11.3 Å². The highest BCUT2D eigenvalue weighted by atomic mass is 32.2. The van der Waals surface area contributed by atoms with E-state index in [1.807, 2.05) is 6.07 Å². The van der Waals surface area contributed by atoms with Gasteiger partial charge in [-0.05, 0) is 17.5 Å². The van der Waals surface area contributed by atoms with Crippen molar-refractivity contribution in [2.45, 2.75) is 11.2 Å². The summed E-state index contributed by atoms with van der Waals surface area (Å²) in [5.41, 5.74) is -1.10. The molecule has 0 spiro atoms. The van der Waals surface area contributed by atoms with Gasteiger partial charge in [0.1, 0.15) is 16.8 Å². The first-order valence-corrected chi connectivity index (χ1v) is 7.60. The summed E-state index contributed by atoms with van der Waals surface area (Å²) in [6.45, 7) is 0. The zero-order valence-corrected chi connectivity index (χ0v) is 12.3. The Bertz CT molecular complexity index is 737. The van der Waals surface area contributed by atoms with Crippen molar-refractivity contribution in [1.29, 1.82) is 5.26 Å². The van der Waals surface area contributed by atoms with E-state index in [9.17, 15) is 23.2 Å². The monoisotopic (exact) mass is 344 g/mol. The lowest BCUT2D eigenvalue weighted by molar-refractivity contribution is -0.141. The molecule has 0 saturated heterocycles. The van der Waals surface area contributed by atoms with Crippen molar-refractivity contribution in [1.82, 2.24) is 4.98 Å². The number of carboxylic acid groups (broad SMARTS) is 1. The second-order valence-electron chi connectivity index (χ2n) is 4.00. The smallest absolute Gasteiger partial charge is 0.433 e. The van der Waals surface area contributed by atoms with Crippen molar-refractivity contribution in [3.63, 3.8) is 0 Å². The zero-order valence-electron chi connectivity index (χ0n) is 10.7. The maximum Gasteiger partial charge on any atom is 0.433 e. The molecular weight excluding hydrogens is 337 g/mol. The van der Waals surface area contributed by atoms with Crippen LogP contribution >= 0.6 is 23.1 Å². The van der Waals surface area contributed by atoms with Gasteiger partial charge in [-0.1, -0.05) is 17.8 Å². The number of hydrogen-bond donors (Lipinski definition) is 1. The number of carboxylic acids is 1.